The summed E-state index contributed by atoms with van der Waals surface area (Å²) in [5.74, 6) is 0. The van der Waals surface area contributed by atoms with Crippen LogP contribution in [0.1, 0.15) is 11.4 Å². The Hall–Kier alpha value is -1.22. The Labute approximate surface area is 97.7 Å². The van der Waals surface area contributed by atoms with Crippen molar-refractivity contribution >= 4 is 15.9 Å². The second-order valence-corrected chi connectivity index (χ2v) is 4.28. The highest BCUT2D eigenvalue weighted by Gasteiger charge is 2.07. The van der Waals surface area contributed by atoms with Crippen LogP contribution in [0.5, 0.6) is 0 Å². The maximum Gasteiger partial charge on any atom is 0.191 e. The molecule has 2 heterocycles. The molecule has 0 radical (unpaired) electrons. The molecule has 0 fully saturated rings. The normalized spacial score (nSPS) is 10.3. The lowest BCUT2D eigenvalue weighted by atomic mass is 10.3. The number of aryl methyl sites for hydroxylation is 1. The molecule has 0 aliphatic rings. The van der Waals surface area contributed by atoms with E-state index in [0.717, 1.165) is 22.4 Å². The summed E-state index contributed by atoms with van der Waals surface area (Å²) < 4.78 is 3.16. The molecule has 0 saturated heterocycles. The van der Waals surface area contributed by atoms with E-state index in [1.807, 2.05) is 49.6 Å². The first-order valence-electron chi connectivity index (χ1n) is 4.82. The van der Waals surface area contributed by atoms with Gasteiger partial charge in [0.15, 0.2) is 18.9 Å². The van der Waals surface area contributed by atoms with Crippen molar-refractivity contribution in [2.24, 2.45) is 0 Å². The van der Waals surface area contributed by atoms with Gasteiger partial charge in [-0.1, -0.05) is 6.07 Å². The zero-order chi connectivity index (χ0) is 10.7. The minimum atomic E-state index is 0.795. The summed E-state index contributed by atoms with van der Waals surface area (Å²) >= 11 is 3.51. The Balaban J connectivity index is 2.28. The molecule has 0 aromatic carbocycles. The van der Waals surface area contributed by atoms with Gasteiger partial charge in [0, 0.05) is 22.3 Å². The van der Waals surface area contributed by atoms with E-state index >= 15 is 0 Å². The summed E-state index contributed by atoms with van der Waals surface area (Å²) in [6.07, 6.45) is 4.08. The van der Waals surface area contributed by atoms with Crippen molar-refractivity contribution in [2.75, 3.05) is 0 Å². The number of aromatic nitrogens is 2. The van der Waals surface area contributed by atoms with E-state index in [-0.39, 0.29) is 0 Å². The summed E-state index contributed by atoms with van der Waals surface area (Å²) in [5, 5.41) is 0. The third kappa shape index (κ3) is 2.63. The average molecular weight is 264 g/mol. The molecule has 2 nitrogen and oxygen atoms in total. The molecule has 0 spiro atoms. The Morgan fingerprint density at radius 3 is 2.67 bits per heavy atom. The van der Waals surface area contributed by atoms with Crippen LogP contribution in [0.4, 0.5) is 0 Å². The van der Waals surface area contributed by atoms with E-state index in [0.29, 0.717) is 0 Å². The van der Waals surface area contributed by atoms with Crippen LogP contribution in [-0.4, -0.2) is 4.98 Å². The van der Waals surface area contributed by atoms with E-state index in [4.69, 9.17) is 0 Å². The Kier molecular flexibility index (Phi) is 3.11. The van der Waals surface area contributed by atoms with Crippen LogP contribution in [0.15, 0.2) is 47.2 Å². The molecule has 2 aromatic rings. The first-order chi connectivity index (χ1) is 7.25. The molecule has 0 atom stereocenters. The van der Waals surface area contributed by atoms with Gasteiger partial charge in [0.2, 0.25) is 0 Å². The number of rotatable bonds is 2. The highest BCUT2D eigenvalue weighted by Crippen LogP contribution is 2.14. The van der Waals surface area contributed by atoms with Crippen molar-refractivity contribution < 1.29 is 4.57 Å². The van der Waals surface area contributed by atoms with Crippen molar-refractivity contribution in [1.29, 1.82) is 0 Å². The number of nitrogens with zero attached hydrogens (tertiary/aromatic N) is 2. The van der Waals surface area contributed by atoms with Gasteiger partial charge in [-0.3, -0.25) is 4.98 Å². The third-order valence-electron chi connectivity index (χ3n) is 2.17. The fourth-order valence-corrected chi connectivity index (χ4v) is 1.76. The van der Waals surface area contributed by atoms with Crippen molar-refractivity contribution in [3.8, 4) is 0 Å². The van der Waals surface area contributed by atoms with Gasteiger partial charge < -0.3 is 0 Å². The zero-order valence-corrected chi connectivity index (χ0v) is 10.1. The lowest BCUT2D eigenvalue weighted by Crippen LogP contribution is -2.33. The topological polar surface area (TPSA) is 16.8 Å². The monoisotopic (exact) mass is 263 g/mol. The first kappa shape index (κ1) is 10.3. The molecular weight excluding hydrogens is 252 g/mol. The van der Waals surface area contributed by atoms with Crippen molar-refractivity contribution in [3.05, 3.63) is 58.6 Å². The Bertz CT molecular complexity index is 454. The molecule has 76 valence electrons. The number of pyridine rings is 2. The second-order valence-electron chi connectivity index (χ2n) is 3.43. The van der Waals surface area contributed by atoms with Crippen LogP contribution < -0.4 is 4.57 Å². The largest absolute Gasteiger partial charge is 0.250 e. The fraction of sp³-hybridized carbons (Fsp3) is 0.167. The predicted octanol–water partition coefficient (Wildman–Crippen LogP) is 2.49. The molecule has 15 heavy (non-hydrogen) atoms. The van der Waals surface area contributed by atoms with Gasteiger partial charge >= 0.3 is 0 Å². The number of hydrogen-bond acceptors (Lipinski definition) is 1. The molecule has 0 saturated carbocycles. The highest BCUT2D eigenvalue weighted by molar-refractivity contribution is 9.10. The predicted molar refractivity (Wildman–Crippen MR) is 62.4 cm³/mol. The molecule has 0 amide bonds. The molecular formula is C12H12BrN2+. The van der Waals surface area contributed by atoms with Crippen LogP contribution in [0, 0.1) is 6.92 Å². The molecule has 0 bridgehead atoms. The summed E-state index contributed by atoms with van der Waals surface area (Å²) in [5.41, 5.74) is 2.11. The van der Waals surface area contributed by atoms with Gasteiger partial charge in [-0.25, -0.2) is 0 Å². The molecule has 0 unspecified atom stereocenters. The van der Waals surface area contributed by atoms with E-state index in [9.17, 15) is 0 Å². The third-order valence-corrected chi connectivity index (χ3v) is 2.89. The molecule has 0 N–H and O–H groups in total. The van der Waals surface area contributed by atoms with Gasteiger partial charge in [0.25, 0.3) is 0 Å². The molecule has 0 aliphatic heterocycles. The maximum atomic E-state index is 4.50. The lowest BCUT2D eigenvalue weighted by Gasteiger charge is -2.01. The van der Waals surface area contributed by atoms with E-state index in [2.05, 4.69) is 25.5 Å². The van der Waals surface area contributed by atoms with Crippen LogP contribution in [0.25, 0.3) is 0 Å². The molecule has 3 heteroatoms. The lowest BCUT2D eigenvalue weighted by molar-refractivity contribution is -0.689. The average Bonchev–Trinajstić information content (AvgIpc) is 2.25. The van der Waals surface area contributed by atoms with E-state index < -0.39 is 0 Å². The smallest absolute Gasteiger partial charge is 0.191 e. The summed E-state index contributed by atoms with van der Waals surface area (Å²) in [4.78, 5) is 4.50. The Morgan fingerprint density at radius 1 is 1.20 bits per heavy atom. The molecule has 2 aromatic heterocycles. The van der Waals surface area contributed by atoms with Crippen molar-refractivity contribution in [3.63, 3.8) is 0 Å². The van der Waals surface area contributed by atoms with Gasteiger partial charge in [0.05, 0.1) is 0 Å². The van der Waals surface area contributed by atoms with Gasteiger partial charge in [-0.2, -0.15) is 4.57 Å². The van der Waals surface area contributed by atoms with Gasteiger partial charge in [-0.05, 0) is 35.0 Å². The van der Waals surface area contributed by atoms with Crippen LogP contribution >= 0.6 is 15.9 Å². The number of hydrogen-bond donors (Lipinski definition) is 0. The minimum Gasteiger partial charge on any atom is -0.250 e. The summed E-state index contributed by atoms with van der Waals surface area (Å²) in [6, 6.07) is 10.1. The maximum absolute atomic E-state index is 4.50. The van der Waals surface area contributed by atoms with Gasteiger partial charge in [0.1, 0.15) is 5.69 Å². The first-order valence-corrected chi connectivity index (χ1v) is 5.61. The van der Waals surface area contributed by atoms with Crippen LogP contribution in [0.2, 0.25) is 0 Å². The fourth-order valence-electron chi connectivity index (χ4n) is 1.42. The van der Waals surface area contributed by atoms with Gasteiger partial charge in [-0.15, -0.1) is 0 Å². The van der Waals surface area contributed by atoms with E-state index in [1.165, 1.54) is 0 Å². The van der Waals surface area contributed by atoms with E-state index in [1.54, 1.807) is 0 Å². The SMILES string of the molecule is Cc1ccc(Br)c(C[n+]2ccccc2)n1. The molecule has 2 rings (SSSR count). The minimum absolute atomic E-state index is 0.795. The zero-order valence-electron chi connectivity index (χ0n) is 8.52. The summed E-state index contributed by atoms with van der Waals surface area (Å²) in [7, 11) is 0. The van der Waals surface area contributed by atoms with Crippen LogP contribution in [0.3, 0.4) is 0 Å². The van der Waals surface area contributed by atoms with Crippen molar-refractivity contribution in [1.82, 2.24) is 4.98 Å². The van der Waals surface area contributed by atoms with Crippen molar-refractivity contribution in [2.45, 2.75) is 13.5 Å². The molecule has 0 aliphatic carbocycles. The highest BCUT2D eigenvalue weighted by atomic mass is 79.9. The van der Waals surface area contributed by atoms with Crippen LogP contribution in [-0.2, 0) is 6.54 Å². The quantitative estimate of drug-likeness (QED) is 0.761. The summed E-state index contributed by atoms with van der Waals surface area (Å²) in [6.45, 7) is 2.80. The number of halogens is 1. The second kappa shape index (κ2) is 4.53. The Morgan fingerprint density at radius 2 is 1.93 bits per heavy atom. The standard InChI is InChI=1S/C12H12BrN2/c1-10-5-6-11(13)12(14-10)9-15-7-3-2-4-8-15/h2-8H,9H2,1H3/q+1.